The largest absolute Gasteiger partial charge is 0.327 e. The van der Waals surface area contributed by atoms with Gasteiger partial charge in [-0.3, -0.25) is 9.59 Å². The third-order valence-corrected chi connectivity index (χ3v) is 6.13. The highest BCUT2D eigenvalue weighted by atomic mass is 35.5. The SMILES string of the molecule is CCCC(=O)Nc1cccc(NC(=O)C2CC3CCCC(C2)C3N)c1C.Cl. The Hall–Kier alpha value is -1.59. The first-order valence-electron chi connectivity index (χ1n) is 9.95. The van der Waals surface area contributed by atoms with Crippen LogP contribution in [-0.4, -0.2) is 17.9 Å². The van der Waals surface area contributed by atoms with Gasteiger partial charge in [-0.05, 0) is 68.6 Å². The van der Waals surface area contributed by atoms with E-state index >= 15 is 0 Å². The van der Waals surface area contributed by atoms with Gasteiger partial charge in [0.1, 0.15) is 0 Å². The Kier molecular flexibility index (Phi) is 7.68. The average Bonchev–Trinajstić information content (AvgIpc) is 2.58. The molecule has 2 bridgehead atoms. The van der Waals surface area contributed by atoms with Gasteiger partial charge in [0.15, 0.2) is 0 Å². The van der Waals surface area contributed by atoms with Gasteiger partial charge in [0.25, 0.3) is 0 Å². The van der Waals surface area contributed by atoms with Crippen LogP contribution in [0.2, 0.25) is 0 Å². The smallest absolute Gasteiger partial charge is 0.227 e. The molecule has 1 aromatic carbocycles. The molecule has 1 aromatic rings. The molecule has 0 spiro atoms. The molecule has 2 atom stereocenters. The van der Waals surface area contributed by atoms with Crippen molar-refractivity contribution in [3.05, 3.63) is 23.8 Å². The zero-order chi connectivity index (χ0) is 18.7. The number of hydrogen-bond acceptors (Lipinski definition) is 3. The molecule has 0 heterocycles. The second-order valence-corrected chi connectivity index (χ2v) is 7.96. The standard InChI is InChI=1S/C21H31N3O2.ClH/c1-3-6-19(25)23-17-9-5-10-18(13(17)2)24-21(26)16-11-14-7-4-8-15(12-16)20(14)22;/h5,9-10,14-16,20H,3-4,6-8,11-12,22H2,1-2H3,(H,23,25)(H,24,26);1H. The fraction of sp³-hybridized carbons (Fsp3) is 0.619. The Balaban J connectivity index is 0.00000261. The second kappa shape index (κ2) is 9.56. The monoisotopic (exact) mass is 393 g/mol. The van der Waals surface area contributed by atoms with E-state index in [4.69, 9.17) is 5.73 Å². The maximum absolute atomic E-state index is 12.9. The Morgan fingerprint density at radius 1 is 1.11 bits per heavy atom. The van der Waals surface area contributed by atoms with E-state index in [2.05, 4.69) is 10.6 Å². The molecule has 4 N–H and O–H groups in total. The fourth-order valence-corrected chi connectivity index (χ4v) is 4.58. The van der Waals surface area contributed by atoms with Gasteiger partial charge < -0.3 is 16.4 Å². The molecule has 2 aliphatic carbocycles. The van der Waals surface area contributed by atoms with E-state index in [1.807, 2.05) is 32.0 Å². The molecule has 3 rings (SSSR count). The first-order valence-corrected chi connectivity index (χ1v) is 9.95. The van der Waals surface area contributed by atoms with Crippen LogP contribution < -0.4 is 16.4 Å². The Morgan fingerprint density at radius 2 is 1.70 bits per heavy atom. The van der Waals surface area contributed by atoms with Gasteiger partial charge in [0.05, 0.1) is 0 Å². The van der Waals surface area contributed by atoms with Crippen molar-refractivity contribution in [2.24, 2.45) is 23.5 Å². The number of rotatable bonds is 5. The van der Waals surface area contributed by atoms with Crippen molar-refractivity contribution >= 4 is 35.6 Å². The van der Waals surface area contributed by atoms with E-state index in [9.17, 15) is 9.59 Å². The number of carbonyl (C=O) groups excluding carboxylic acids is 2. The van der Waals surface area contributed by atoms with Crippen molar-refractivity contribution in [1.82, 2.24) is 0 Å². The van der Waals surface area contributed by atoms with E-state index in [0.29, 0.717) is 18.3 Å². The van der Waals surface area contributed by atoms with Crippen molar-refractivity contribution in [1.29, 1.82) is 0 Å². The zero-order valence-corrected chi connectivity index (χ0v) is 17.1. The summed E-state index contributed by atoms with van der Waals surface area (Å²) in [6, 6.07) is 5.92. The van der Waals surface area contributed by atoms with Gasteiger partial charge in [-0.15, -0.1) is 12.4 Å². The van der Waals surface area contributed by atoms with E-state index in [1.165, 1.54) is 6.42 Å². The van der Waals surface area contributed by atoms with E-state index < -0.39 is 0 Å². The first-order chi connectivity index (χ1) is 12.5. The lowest BCUT2D eigenvalue weighted by Crippen LogP contribution is -2.48. The number of benzene rings is 1. The highest BCUT2D eigenvalue weighted by Crippen LogP contribution is 2.42. The molecule has 0 radical (unpaired) electrons. The van der Waals surface area contributed by atoms with Crippen molar-refractivity contribution < 1.29 is 9.59 Å². The molecule has 2 fully saturated rings. The second-order valence-electron chi connectivity index (χ2n) is 7.96. The van der Waals surface area contributed by atoms with Crippen molar-refractivity contribution in [3.8, 4) is 0 Å². The minimum Gasteiger partial charge on any atom is -0.327 e. The number of halogens is 1. The number of nitrogens with one attached hydrogen (secondary N) is 2. The molecule has 2 unspecified atom stereocenters. The van der Waals surface area contributed by atoms with Crippen LogP contribution in [0.1, 0.15) is 57.4 Å². The van der Waals surface area contributed by atoms with Crippen LogP contribution in [0.15, 0.2) is 18.2 Å². The minimum atomic E-state index is 0. The molecule has 6 heteroatoms. The molecule has 2 aliphatic rings. The summed E-state index contributed by atoms with van der Waals surface area (Å²) in [5.74, 6) is 1.11. The quantitative estimate of drug-likeness (QED) is 0.699. The summed E-state index contributed by atoms with van der Waals surface area (Å²) in [5.41, 5.74) is 8.79. The molecule has 0 saturated heterocycles. The maximum Gasteiger partial charge on any atom is 0.227 e. The minimum absolute atomic E-state index is 0. The summed E-state index contributed by atoms with van der Waals surface area (Å²) < 4.78 is 0. The van der Waals surface area contributed by atoms with Crippen molar-refractivity contribution in [3.63, 3.8) is 0 Å². The number of nitrogens with two attached hydrogens (primary N) is 1. The van der Waals surface area contributed by atoms with Crippen LogP contribution >= 0.6 is 12.4 Å². The number of carbonyl (C=O) groups is 2. The predicted molar refractivity (Wildman–Crippen MR) is 112 cm³/mol. The van der Waals surface area contributed by atoms with Crippen LogP contribution in [0, 0.1) is 24.7 Å². The molecule has 2 saturated carbocycles. The summed E-state index contributed by atoms with van der Waals surface area (Å²) in [5, 5.41) is 6.03. The highest BCUT2D eigenvalue weighted by Gasteiger charge is 2.40. The average molecular weight is 394 g/mol. The number of amides is 2. The van der Waals surface area contributed by atoms with Gasteiger partial charge >= 0.3 is 0 Å². The van der Waals surface area contributed by atoms with Gasteiger partial charge in [0.2, 0.25) is 11.8 Å². The van der Waals surface area contributed by atoms with Crippen LogP contribution in [-0.2, 0) is 9.59 Å². The van der Waals surface area contributed by atoms with E-state index in [1.54, 1.807) is 0 Å². The predicted octanol–water partition coefficient (Wildman–Crippen LogP) is 4.25. The van der Waals surface area contributed by atoms with Crippen molar-refractivity contribution in [2.45, 2.75) is 64.8 Å². The summed E-state index contributed by atoms with van der Waals surface area (Å²) in [6.45, 7) is 3.91. The lowest BCUT2D eigenvalue weighted by Gasteiger charge is -2.43. The summed E-state index contributed by atoms with van der Waals surface area (Å²) in [6.07, 6.45) is 6.66. The molecule has 2 amide bonds. The van der Waals surface area contributed by atoms with Crippen LogP contribution in [0.25, 0.3) is 0 Å². The van der Waals surface area contributed by atoms with E-state index in [0.717, 1.165) is 49.0 Å². The Morgan fingerprint density at radius 3 is 2.30 bits per heavy atom. The van der Waals surface area contributed by atoms with Crippen molar-refractivity contribution in [2.75, 3.05) is 10.6 Å². The third kappa shape index (κ3) is 5.02. The number of hydrogen-bond donors (Lipinski definition) is 3. The fourth-order valence-electron chi connectivity index (χ4n) is 4.58. The zero-order valence-electron chi connectivity index (χ0n) is 16.3. The van der Waals surface area contributed by atoms with Gasteiger partial charge in [-0.1, -0.05) is 19.4 Å². The number of fused-ring (bicyclic) bond motifs is 2. The molecule has 0 aromatic heterocycles. The lowest BCUT2D eigenvalue weighted by molar-refractivity contribution is -0.122. The lowest BCUT2D eigenvalue weighted by atomic mass is 9.65. The van der Waals surface area contributed by atoms with E-state index in [-0.39, 0.29) is 36.2 Å². The summed E-state index contributed by atoms with van der Waals surface area (Å²) in [4.78, 5) is 24.7. The topological polar surface area (TPSA) is 84.2 Å². The first kappa shape index (κ1) is 21.7. The number of anilines is 2. The molecular formula is C21H32ClN3O2. The Bertz CT molecular complexity index is 665. The molecule has 150 valence electrons. The van der Waals surface area contributed by atoms with Crippen LogP contribution in [0.3, 0.4) is 0 Å². The third-order valence-electron chi connectivity index (χ3n) is 6.13. The molecule has 0 aliphatic heterocycles. The van der Waals surface area contributed by atoms with Gasteiger partial charge in [0, 0.05) is 29.8 Å². The van der Waals surface area contributed by atoms with Gasteiger partial charge in [-0.25, -0.2) is 0 Å². The van der Waals surface area contributed by atoms with Gasteiger partial charge in [-0.2, -0.15) is 0 Å². The Labute approximate surface area is 168 Å². The molecule has 27 heavy (non-hydrogen) atoms. The summed E-state index contributed by atoms with van der Waals surface area (Å²) >= 11 is 0. The molecule has 5 nitrogen and oxygen atoms in total. The van der Waals surface area contributed by atoms with Crippen LogP contribution in [0.4, 0.5) is 11.4 Å². The van der Waals surface area contributed by atoms with Crippen LogP contribution in [0.5, 0.6) is 0 Å². The maximum atomic E-state index is 12.9. The molecular weight excluding hydrogens is 362 g/mol. The summed E-state index contributed by atoms with van der Waals surface area (Å²) in [7, 11) is 0. The highest BCUT2D eigenvalue weighted by molar-refractivity contribution is 5.96. The normalized spacial score (nSPS) is 26.6.